The highest BCUT2D eigenvalue weighted by molar-refractivity contribution is 9.10. The number of amides is 2. The molecule has 1 aromatic rings. The first-order valence-electron chi connectivity index (χ1n) is 6.89. The van der Waals surface area contributed by atoms with E-state index in [4.69, 9.17) is 5.11 Å². The Balaban J connectivity index is 2.87. The van der Waals surface area contributed by atoms with Crippen LogP contribution < -0.4 is 5.32 Å². The van der Waals surface area contributed by atoms with Gasteiger partial charge in [-0.3, -0.25) is 4.79 Å². The highest BCUT2D eigenvalue weighted by atomic mass is 79.9. The number of hydrogen-bond acceptors (Lipinski definition) is 2. The third-order valence-corrected chi connectivity index (χ3v) is 3.38. The molecule has 0 aliphatic carbocycles. The van der Waals surface area contributed by atoms with Crippen molar-refractivity contribution in [2.24, 2.45) is 5.92 Å². The van der Waals surface area contributed by atoms with Gasteiger partial charge in [0.05, 0.1) is 0 Å². The van der Waals surface area contributed by atoms with E-state index < -0.39 is 5.97 Å². The molecular formula is C15H21BrN2O3. The number of rotatable bonds is 6. The van der Waals surface area contributed by atoms with Crippen molar-refractivity contribution < 1.29 is 14.7 Å². The molecule has 0 saturated heterocycles. The second kappa shape index (κ2) is 8.02. The van der Waals surface area contributed by atoms with Gasteiger partial charge >= 0.3 is 12.0 Å². The Hall–Kier alpha value is -1.56. The number of anilines is 1. The molecule has 0 heterocycles. The molecule has 21 heavy (non-hydrogen) atoms. The van der Waals surface area contributed by atoms with Crippen LogP contribution in [0.2, 0.25) is 0 Å². The van der Waals surface area contributed by atoms with Crippen LogP contribution in [0.25, 0.3) is 0 Å². The van der Waals surface area contributed by atoms with Crippen molar-refractivity contribution in [2.45, 2.75) is 27.2 Å². The van der Waals surface area contributed by atoms with Crippen LogP contribution in [0, 0.1) is 5.92 Å². The predicted molar refractivity (Wildman–Crippen MR) is 86.6 cm³/mol. The van der Waals surface area contributed by atoms with Crippen LogP contribution in [-0.2, 0) is 11.2 Å². The van der Waals surface area contributed by atoms with Gasteiger partial charge in [-0.05, 0) is 36.1 Å². The minimum absolute atomic E-state index is 0.200. The molecule has 0 saturated carbocycles. The number of hydrogen-bond donors (Lipinski definition) is 2. The van der Waals surface area contributed by atoms with Crippen molar-refractivity contribution in [3.63, 3.8) is 0 Å². The van der Waals surface area contributed by atoms with E-state index in [9.17, 15) is 9.59 Å². The number of aryl methyl sites for hydroxylation is 1. The SMILES string of the molecule is CCc1cc(Br)ccc1NC(=O)N(CC(=O)O)CC(C)C. The van der Waals surface area contributed by atoms with Crippen LogP contribution in [0.3, 0.4) is 0 Å². The number of carbonyl (C=O) groups is 2. The Morgan fingerprint density at radius 2 is 2.05 bits per heavy atom. The molecule has 5 nitrogen and oxygen atoms in total. The van der Waals surface area contributed by atoms with Gasteiger partial charge in [0.1, 0.15) is 6.54 Å². The second-order valence-electron chi connectivity index (χ2n) is 5.25. The average Bonchev–Trinajstić information content (AvgIpc) is 2.38. The van der Waals surface area contributed by atoms with Crippen molar-refractivity contribution in [3.05, 3.63) is 28.2 Å². The summed E-state index contributed by atoms with van der Waals surface area (Å²) in [7, 11) is 0. The maximum Gasteiger partial charge on any atom is 0.323 e. The van der Waals surface area contributed by atoms with Crippen LogP contribution in [0.1, 0.15) is 26.3 Å². The van der Waals surface area contributed by atoms with Crippen LogP contribution in [0.4, 0.5) is 10.5 Å². The minimum atomic E-state index is -1.02. The van der Waals surface area contributed by atoms with E-state index in [0.717, 1.165) is 16.5 Å². The van der Waals surface area contributed by atoms with Gasteiger partial charge in [-0.25, -0.2) is 4.79 Å². The molecule has 0 aliphatic heterocycles. The quantitative estimate of drug-likeness (QED) is 0.818. The van der Waals surface area contributed by atoms with Gasteiger partial charge in [-0.2, -0.15) is 0 Å². The molecule has 1 aromatic carbocycles. The van der Waals surface area contributed by atoms with Crippen LogP contribution in [0.15, 0.2) is 22.7 Å². The maximum absolute atomic E-state index is 12.3. The minimum Gasteiger partial charge on any atom is -0.480 e. The highest BCUT2D eigenvalue weighted by Crippen LogP contribution is 2.22. The summed E-state index contributed by atoms with van der Waals surface area (Å²) in [5, 5.41) is 11.7. The molecule has 2 N–H and O–H groups in total. The van der Waals surface area contributed by atoms with Gasteiger partial charge in [0.15, 0.2) is 0 Å². The van der Waals surface area contributed by atoms with Gasteiger partial charge in [0.2, 0.25) is 0 Å². The normalized spacial score (nSPS) is 10.5. The lowest BCUT2D eigenvalue weighted by atomic mass is 10.1. The van der Waals surface area contributed by atoms with E-state index in [0.29, 0.717) is 12.2 Å². The number of halogens is 1. The summed E-state index contributed by atoms with van der Waals surface area (Å²) in [5.74, 6) is -0.817. The second-order valence-corrected chi connectivity index (χ2v) is 6.17. The molecule has 0 atom stereocenters. The average molecular weight is 357 g/mol. The van der Waals surface area contributed by atoms with E-state index in [1.54, 1.807) is 0 Å². The number of carbonyl (C=O) groups excluding carboxylic acids is 1. The van der Waals surface area contributed by atoms with Crippen LogP contribution in [0.5, 0.6) is 0 Å². The zero-order chi connectivity index (χ0) is 16.0. The van der Waals surface area contributed by atoms with Crippen molar-refractivity contribution >= 4 is 33.6 Å². The molecule has 0 bridgehead atoms. The number of nitrogens with one attached hydrogen (secondary N) is 1. The summed E-state index contributed by atoms with van der Waals surface area (Å²) in [6.07, 6.45) is 0.776. The third-order valence-electron chi connectivity index (χ3n) is 2.89. The molecule has 2 amide bonds. The van der Waals surface area contributed by atoms with Gasteiger partial charge in [0, 0.05) is 16.7 Å². The molecular weight excluding hydrogens is 336 g/mol. The lowest BCUT2D eigenvalue weighted by molar-refractivity contribution is -0.137. The molecule has 0 aromatic heterocycles. The van der Waals surface area contributed by atoms with Gasteiger partial charge in [0.25, 0.3) is 0 Å². The van der Waals surface area contributed by atoms with Crippen LogP contribution >= 0.6 is 15.9 Å². The lowest BCUT2D eigenvalue weighted by Crippen LogP contribution is -2.41. The van der Waals surface area contributed by atoms with Gasteiger partial charge in [-0.1, -0.05) is 36.7 Å². The Bertz CT molecular complexity index is 518. The summed E-state index contributed by atoms with van der Waals surface area (Å²) >= 11 is 3.40. The molecule has 1 rings (SSSR count). The number of aliphatic carboxylic acids is 1. The van der Waals surface area contributed by atoms with Crippen molar-refractivity contribution in [1.82, 2.24) is 4.90 Å². The van der Waals surface area contributed by atoms with E-state index >= 15 is 0 Å². The summed E-state index contributed by atoms with van der Waals surface area (Å²) in [4.78, 5) is 24.5. The van der Waals surface area contributed by atoms with E-state index in [2.05, 4.69) is 21.2 Å². The zero-order valence-corrected chi connectivity index (χ0v) is 14.1. The Kier molecular flexibility index (Phi) is 6.68. The van der Waals surface area contributed by atoms with Crippen molar-refractivity contribution in [3.8, 4) is 0 Å². The van der Waals surface area contributed by atoms with Gasteiger partial charge < -0.3 is 15.3 Å². The van der Waals surface area contributed by atoms with E-state index in [1.807, 2.05) is 39.0 Å². The molecule has 0 spiro atoms. The summed E-state index contributed by atoms with van der Waals surface area (Å²) < 4.78 is 0.946. The first-order valence-corrected chi connectivity index (χ1v) is 7.69. The smallest absolute Gasteiger partial charge is 0.323 e. The maximum atomic E-state index is 12.3. The first-order chi connectivity index (χ1) is 9.83. The first kappa shape index (κ1) is 17.5. The highest BCUT2D eigenvalue weighted by Gasteiger charge is 2.18. The lowest BCUT2D eigenvalue weighted by Gasteiger charge is -2.23. The molecule has 0 aliphatic rings. The Labute approximate surface area is 133 Å². The monoisotopic (exact) mass is 356 g/mol. The third kappa shape index (κ3) is 5.75. The fraction of sp³-hybridized carbons (Fsp3) is 0.467. The zero-order valence-electron chi connectivity index (χ0n) is 12.5. The Morgan fingerprint density at radius 1 is 1.38 bits per heavy atom. The number of benzene rings is 1. The largest absolute Gasteiger partial charge is 0.480 e. The molecule has 0 radical (unpaired) electrons. The predicted octanol–water partition coefficient (Wildman–Crippen LogP) is 3.59. The van der Waals surface area contributed by atoms with Crippen molar-refractivity contribution in [1.29, 1.82) is 0 Å². The topological polar surface area (TPSA) is 69.6 Å². The molecule has 116 valence electrons. The Morgan fingerprint density at radius 3 is 2.57 bits per heavy atom. The van der Waals surface area contributed by atoms with Crippen LogP contribution in [-0.4, -0.2) is 35.1 Å². The standard InChI is InChI=1S/C15H21BrN2O3/c1-4-11-7-12(16)5-6-13(11)17-15(21)18(8-10(2)3)9-14(19)20/h5-7,10H,4,8-9H2,1-3H3,(H,17,21)(H,19,20). The van der Waals surface area contributed by atoms with Gasteiger partial charge in [-0.15, -0.1) is 0 Å². The molecule has 0 fully saturated rings. The molecule has 6 heteroatoms. The molecule has 0 unspecified atom stereocenters. The van der Waals surface area contributed by atoms with E-state index in [1.165, 1.54) is 4.90 Å². The number of carboxylic acids is 1. The van der Waals surface area contributed by atoms with E-state index in [-0.39, 0.29) is 18.5 Å². The summed E-state index contributed by atoms with van der Waals surface area (Å²) in [6.45, 7) is 5.98. The fourth-order valence-corrected chi connectivity index (χ4v) is 2.40. The summed E-state index contributed by atoms with van der Waals surface area (Å²) in [6, 6.07) is 5.22. The fourth-order valence-electron chi connectivity index (χ4n) is 1.99. The number of nitrogens with zero attached hydrogens (tertiary/aromatic N) is 1. The number of urea groups is 1. The number of carboxylic acid groups (broad SMARTS) is 1. The van der Waals surface area contributed by atoms with Crippen molar-refractivity contribution in [2.75, 3.05) is 18.4 Å². The summed E-state index contributed by atoms with van der Waals surface area (Å²) in [5.41, 5.74) is 1.71.